The van der Waals surface area contributed by atoms with Crippen LogP contribution in [0.25, 0.3) is 22.3 Å². The molecule has 4 heterocycles. The first kappa shape index (κ1) is 22.2. The van der Waals surface area contributed by atoms with Gasteiger partial charge in [-0.15, -0.1) is 0 Å². The van der Waals surface area contributed by atoms with Crippen molar-refractivity contribution in [3.05, 3.63) is 98.8 Å². The summed E-state index contributed by atoms with van der Waals surface area (Å²) in [6.45, 7) is 1.91. The Morgan fingerprint density at radius 3 is 2.67 bits per heavy atom. The molecule has 8 nitrogen and oxygen atoms in total. The lowest BCUT2D eigenvalue weighted by atomic mass is 9.86. The van der Waals surface area contributed by atoms with Gasteiger partial charge in [0.05, 0.1) is 34.6 Å². The minimum atomic E-state index is -1.89. The van der Waals surface area contributed by atoms with E-state index in [0.717, 1.165) is 10.9 Å². The van der Waals surface area contributed by atoms with Gasteiger partial charge in [0.2, 0.25) is 5.90 Å². The Morgan fingerprint density at radius 2 is 1.89 bits per heavy atom. The van der Waals surface area contributed by atoms with Crippen LogP contribution in [0.2, 0.25) is 0 Å². The molecule has 1 atom stereocenters. The number of para-hydroxylation sites is 1. The minimum Gasteiger partial charge on any atom is -0.473 e. The Morgan fingerprint density at radius 1 is 1.14 bits per heavy atom. The van der Waals surface area contributed by atoms with Gasteiger partial charge in [-0.3, -0.25) is 10.2 Å². The summed E-state index contributed by atoms with van der Waals surface area (Å²) in [6, 6.07) is 18.8. The van der Waals surface area contributed by atoms with Crippen LogP contribution >= 0.6 is 0 Å². The third-order valence-electron chi connectivity index (χ3n) is 7.05. The summed E-state index contributed by atoms with van der Waals surface area (Å²) >= 11 is 0. The predicted octanol–water partition coefficient (Wildman–Crippen LogP) is 3.62. The summed E-state index contributed by atoms with van der Waals surface area (Å²) in [6.07, 6.45) is 0.0724. The number of nitrogens with one attached hydrogen (secondary N) is 1. The van der Waals surface area contributed by atoms with Crippen LogP contribution in [0.4, 0.5) is 0 Å². The van der Waals surface area contributed by atoms with Crippen LogP contribution in [0.5, 0.6) is 0 Å². The highest BCUT2D eigenvalue weighted by atomic mass is 16.6. The summed E-state index contributed by atoms with van der Waals surface area (Å²) in [4.78, 5) is 30.8. The van der Waals surface area contributed by atoms with Gasteiger partial charge in [-0.25, -0.2) is 9.78 Å². The fraction of sp³-hybridized carbons (Fsp3) is 0.214. The van der Waals surface area contributed by atoms with Crippen molar-refractivity contribution >= 4 is 22.8 Å². The third-order valence-corrected chi connectivity index (χ3v) is 7.05. The number of carbonyl (C=O) groups excluding carboxylic acids is 1. The van der Waals surface area contributed by atoms with E-state index in [1.807, 2.05) is 54.6 Å². The van der Waals surface area contributed by atoms with Crippen molar-refractivity contribution in [1.82, 2.24) is 9.55 Å². The zero-order valence-corrected chi connectivity index (χ0v) is 19.6. The molecule has 0 saturated carbocycles. The molecule has 0 spiro atoms. The number of rotatable bonds is 4. The average molecular weight is 482 g/mol. The van der Waals surface area contributed by atoms with Crippen LogP contribution in [0.1, 0.15) is 41.2 Å². The molecule has 2 aliphatic rings. The molecule has 2 N–H and O–H groups in total. The van der Waals surface area contributed by atoms with Gasteiger partial charge >= 0.3 is 5.97 Å². The first-order valence-electron chi connectivity index (χ1n) is 11.8. The quantitative estimate of drug-likeness (QED) is 0.230. The molecule has 36 heavy (non-hydrogen) atoms. The first-order valence-corrected chi connectivity index (χ1v) is 11.8. The lowest BCUT2D eigenvalue weighted by molar-refractivity contribution is -0.172. The van der Waals surface area contributed by atoms with Crippen LogP contribution in [-0.4, -0.2) is 26.5 Å². The molecule has 2 aromatic carbocycles. The second kappa shape index (κ2) is 8.13. The highest BCUT2D eigenvalue weighted by molar-refractivity contribution is 6.08. The lowest BCUT2D eigenvalue weighted by Gasteiger charge is -2.31. The van der Waals surface area contributed by atoms with Crippen molar-refractivity contribution in [2.24, 2.45) is 0 Å². The van der Waals surface area contributed by atoms with Crippen LogP contribution in [0, 0.1) is 5.41 Å². The summed E-state index contributed by atoms with van der Waals surface area (Å²) < 4.78 is 12.6. The van der Waals surface area contributed by atoms with Gasteiger partial charge in [-0.1, -0.05) is 55.5 Å². The van der Waals surface area contributed by atoms with E-state index in [2.05, 4.69) is 0 Å². The molecule has 0 radical (unpaired) electrons. The monoisotopic (exact) mass is 481 g/mol. The maximum atomic E-state index is 13.5. The molecular formula is C28H23N3O5. The van der Waals surface area contributed by atoms with Crippen LogP contribution in [-0.2, 0) is 39.6 Å². The van der Waals surface area contributed by atoms with E-state index in [1.165, 1.54) is 0 Å². The van der Waals surface area contributed by atoms with Gasteiger partial charge in [-0.2, -0.15) is 0 Å². The molecule has 4 aromatic rings. The van der Waals surface area contributed by atoms with E-state index < -0.39 is 11.6 Å². The SMILES string of the molecule is CCC1(O)C(=O)OCc2c1cc1n(c2=O)Cc2c-1nc1ccccc1c2C(=N)OCc1ccccc1. The van der Waals surface area contributed by atoms with Crippen molar-refractivity contribution in [3.8, 4) is 11.4 Å². The molecule has 8 heteroatoms. The van der Waals surface area contributed by atoms with Gasteiger partial charge in [0.15, 0.2) is 5.60 Å². The van der Waals surface area contributed by atoms with E-state index in [4.69, 9.17) is 19.9 Å². The van der Waals surface area contributed by atoms with E-state index in [0.29, 0.717) is 28.0 Å². The van der Waals surface area contributed by atoms with Crippen molar-refractivity contribution in [2.75, 3.05) is 0 Å². The van der Waals surface area contributed by atoms with E-state index in [9.17, 15) is 14.7 Å². The second-order valence-electron chi connectivity index (χ2n) is 9.04. The van der Waals surface area contributed by atoms with E-state index in [-0.39, 0.29) is 48.8 Å². The molecule has 0 saturated heterocycles. The molecule has 2 aliphatic heterocycles. The first-order chi connectivity index (χ1) is 17.4. The van der Waals surface area contributed by atoms with Gasteiger partial charge in [0.1, 0.15) is 13.2 Å². The number of hydrogen-bond donors (Lipinski definition) is 2. The predicted molar refractivity (Wildman–Crippen MR) is 133 cm³/mol. The van der Waals surface area contributed by atoms with Crippen LogP contribution < -0.4 is 5.56 Å². The number of fused-ring (bicyclic) bond motifs is 5. The standard InChI is InChI=1S/C28H23N3O5/c1-2-28(34)20-12-22-24-18(13-31(22)26(32)19(20)15-36-27(28)33)23(17-10-6-7-11-21(17)30-24)25(29)35-14-16-8-4-3-5-9-16/h3-12,29,34H,2,13-15H2,1H3. The smallest absolute Gasteiger partial charge is 0.343 e. The number of aromatic nitrogens is 2. The molecule has 0 fully saturated rings. The molecule has 6 rings (SSSR count). The third kappa shape index (κ3) is 3.18. The van der Waals surface area contributed by atoms with Gasteiger partial charge in [0, 0.05) is 16.5 Å². The number of hydrogen-bond acceptors (Lipinski definition) is 7. The molecular weight excluding hydrogens is 458 g/mol. The van der Waals surface area contributed by atoms with Crippen LogP contribution in [0.15, 0.2) is 65.5 Å². The molecule has 180 valence electrons. The van der Waals surface area contributed by atoms with Crippen molar-refractivity contribution in [3.63, 3.8) is 0 Å². The largest absolute Gasteiger partial charge is 0.473 e. The number of benzene rings is 2. The van der Waals surface area contributed by atoms with E-state index in [1.54, 1.807) is 17.6 Å². The summed E-state index contributed by atoms with van der Waals surface area (Å²) in [5, 5.41) is 20.7. The Kier molecular flexibility index (Phi) is 5.01. The lowest BCUT2D eigenvalue weighted by Crippen LogP contribution is -2.44. The number of cyclic esters (lactones) is 1. The summed E-state index contributed by atoms with van der Waals surface area (Å²) in [5.74, 6) is -0.772. The number of nitrogens with zero attached hydrogens (tertiary/aromatic N) is 2. The average Bonchev–Trinajstić information content (AvgIpc) is 3.27. The highest BCUT2D eigenvalue weighted by Crippen LogP contribution is 2.40. The summed E-state index contributed by atoms with van der Waals surface area (Å²) in [5.41, 5.74) is 2.18. The maximum absolute atomic E-state index is 13.5. The van der Waals surface area contributed by atoms with Gasteiger partial charge in [0.25, 0.3) is 5.56 Å². The Hall–Kier alpha value is -4.30. The topological polar surface area (TPSA) is 115 Å². The molecule has 1 unspecified atom stereocenters. The highest BCUT2D eigenvalue weighted by Gasteiger charge is 2.45. The number of aliphatic hydroxyl groups is 1. The number of esters is 1. The fourth-order valence-corrected chi connectivity index (χ4v) is 5.09. The van der Waals surface area contributed by atoms with Crippen LogP contribution in [0.3, 0.4) is 0 Å². The Balaban J connectivity index is 1.52. The maximum Gasteiger partial charge on any atom is 0.343 e. The molecule has 0 aliphatic carbocycles. The summed E-state index contributed by atoms with van der Waals surface area (Å²) in [7, 11) is 0. The Bertz CT molecular complexity index is 1630. The van der Waals surface area contributed by atoms with Crippen molar-refractivity contribution in [1.29, 1.82) is 5.41 Å². The van der Waals surface area contributed by atoms with Crippen molar-refractivity contribution in [2.45, 2.75) is 38.7 Å². The second-order valence-corrected chi connectivity index (χ2v) is 9.04. The Labute approximate surface area is 206 Å². The molecule has 2 aromatic heterocycles. The number of ether oxygens (including phenoxy) is 2. The zero-order valence-electron chi connectivity index (χ0n) is 19.6. The van der Waals surface area contributed by atoms with Gasteiger partial charge in [-0.05, 0) is 24.1 Å². The number of pyridine rings is 2. The normalized spacial score (nSPS) is 17.8. The van der Waals surface area contributed by atoms with Gasteiger partial charge < -0.3 is 19.1 Å². The molecule has 0 amide bonds. The fourth-order valence-electron chi connectivity index (χ4n) is 5.09. The molecule has 0 bridgehead atoms. The van der Waals surface area contributed by atoms with Crippen molar-refractivity contribution < 1.29 is 19.4 Å². The van der Waals surface area contributed by atoms with E-state index >= 15 is 0 Å². The zero-order chi connectivity index (χ0) is 25.0. The number of carbonyl (C=O) groups is 1. The minimum absolute atomic E-state index is 0.0112.